The van der Waals surface area contributed by atoms with Crippen LogP contribution in [-0.4, -0.2) is 34.0 Å². The number of hydrogen-bond donors (Lipinski definition) is 3. The second kappa shape index (κ2) is 21.9. The van der Waals surface area contributed by atoms with Crippen LogP contribution >= 0.6 is 0 Å². The minimum Gasteiger partial charge on any atom is -0.478 e. The van der Waals surface area contributed by atoms with Gasteiger partial charge in [-0.05, 0) is 12.8 Å². The minimum atomic E-state index is -0.963. The van der Waals surface area contributed by atoms with Crippen molar-refractivity contribution >= 4 is 5.97 Å². The lowest BCUT2D eigenvalue weighted by Gasteiger charge is -2.05. The van der Waals surface area contributed by atoms with E-state index in [1.807, 2.05) is 0 Å². The molecule has 0 aliphatic carbocycles. The van der Waals surface area contributed by atoms with Gasteiger partial charge in [0.2, 0.25) is 0 Å². The van der Waals surface area contributed by atoms with Crippen LogP contribution in [0.1, 0.15) is 96.3 Å². The van der Waals surface area contributed by atoms with E-state index in [0.717, 1.165) is 25.3 Å². The first-order valence-corrected chi connectivity index (χ1v) is 11.2. The van der Waals surface area contributed by atoms with Crippen LogP contribution in [0.2, 0.25) is 0 Å². The molecule has 0 heterocycles. The van der Waals surface area contributed by atoms with E-state index in [-0.39, 0.29) is 0 Å². The SMILES string of the molecule is O=C(O)C=CC=CC=CC(O)CCCCCCCCCCCCCCCCO. The minimum absolute atomic E-state index is 0.338. The predicted octanol–water partition coefficient (Wildman–Crippen LogP) is 5.94. The van der Waals surface area contributed by atoms with Crippen LogP contribution in [0, 0.1) is 0 Å². The summed E-state index contributed by atoms with van der Waals surface area (Å²) in [5.41, 5.74) is 0. The number of carboxylic acids is 1. The molecule has 4 nitrogen and oxygen atoms in total. The summed E-state index contributed by atoms with van der Waals surface area (Å²) in [6, 6.07) is 0. The first kappa shape index (κ1) is 26.6. The van der Waals surface area contributed by atoms with Crippen molar-refractivity contribution in [2.45, 2.75) is 102 Å². The van der Waals surface area contributed by atoms with Crippen LogP contribution < -0.4 is 0 Å². The lowest BCUT2D eigenvalue weighted by molar-refractivity contribution is -0.131. The number of aliphatic carboxylic acids is 1. The largest absolute Gasteiger partial charge is 0.478 e. The van der Waals surface area contributed by atoms with Gasteiger partial charge in [0.1, 0.15) is 0 Å². The smallest absolute Gasteiger partial charge is 0.328 e. The third kappa shape index (κ3) is 22.7. The van der Waals surface area contributed by atoms with Gasteiger partial charge in [-0.1, -0.05) is 114 Å². The Morgan fingerprint density at radius 1 is 0.643 bits per heavy atom. The fourth-order valence-electron chi connectivity index (χ4n) is 3.14. The van der Waals surface area contributed by atoms with Crippen LogP contribution in [0.15, 0.2) is 36.5 Å². The summed E-state index contributed by atoms with van der Waals surface area (Å²) >= 11 is 0. The predicted molar refractivity (Wildman–Crippen MR) is 117 cm³/mol. The molecule has 4 heteroatoms. The number of unbranched alkanes of at least 4 members (excludes halogenated alkanes) is 13. The molecule has 0 rings (SSSR count). The number of rotatable bonds is 20. The van der Waals surface area contributed by atoms with Crippen molar-refractivity contribution < 1.29 is 20.1 Å². The third-order valence-electron chi connectivity index (χ3n) is 4.81. The zero-order chi connectivity index (χ0) is 20.7. The second-order valence-corrected chi connectivity index (χ2v) is 7.50. The topological polar surface area (TPSA) is 77.8 Å². The van der Waals surface area contributed by atoms with Crippen molar-refractivity contribution in [3.8, 4) is 0 Å². The van der Waals surface area contributed by atoms with Crippen molar-refractivity contribution in [1.29, 1.82) is 0 Å². The van der Waals surface area contributed by atoms with Gasteiger partial charge in [0.15, 0.2) is 0 Å². The molecule has 162 valence electrons. The van der Waals surface area contributed by atoms with E-state index < -0.39 is 12.1 Å². The highest BCUT2D eigenvalue weighted by Gasteiger charge is 1.98. The third-order valence-corrected chi connectivity index (χ3v) is 4.81. The number of aliphatic hydroxyl groups excluding tert-OH is 2. The van der Waals surface area contributed by atoms with Crippen molar-refractivity contribution in [3.63, 3.8) is 0 Å². The Kier molecular flexibility index (Phi) is 20.8. The molecule has 0 amide bonds. The second-order valence-electron chi connectivity index (χ2n) is 7.50. The first-order chi connectivity index (χ1) is 13.7. The standard InChI is InChI=1S/C24H42O4/c25-22-18-14-10-8-6-4-2-1-3-5-7-9-11-15-19-23(26)20-16-12-13-17-21-24(27)28/h12-13,16-17,20-21,23,25-26H,1-11,14-15,18-19,22H2,(H,27,28). The van der Waals surface area contributed by atoms with Gasteiger partial charge in [-0.25, -0.2) is 4.79 Å². The molecule has 28 heavy (non-hydrogen) atoms. The molecule has 0 aliphatic heterocycles. The number of carbonyl (C=O) groups is 1. The maximum atomic E-state index is 10.3. The quantitative estimate of drug-likeness (QED) is 0.136. The molecule has 0 fully saturated rings. The molecule has 0 aliphatic rings. The molecule has 0 saturated carbocycles. The maximum Gasteiger partial charge on any atom is 0.328 e. The van der Waals surface area contributed by atoms with Crippen molar-refractivity contribution in [2.75, 3.05) is 6.61 Å². The molecule has 0 aromatic heterocycles. The monoisotopic (exact) mass is 394 g/mol. The Balaban J connectivity index is 3.31. The zero-order valence-electron chi connectivity index (χ0n) is 17.6. The number of allylic oxidation sites excluding steroid dienone is 4. The average Bonchev–Trinajstić information content (AvgIpc) is 2.67. The van der Waals surface area contributed by atoms with Gasteiger partial charge < -0.3 is 15.3 Å². The molecule has 0 saturated heterocycles. The summed E-state index contributed by atoms with van der Waals surface area (Å²) in [4.78, 5) is 10.3. The number of aliphatic hydroxyl groups is 2. The lowest BCUT2D eigenvalue weighted by Crippen LogP contribution is -2.01. The van der Waals surface area contributed by atoms with Crippen LogP contribution in [0.3, 0.4) is 0 Å². The lowest BCUT2D eigenvalue weighted by atomic mass is 10.0. The molecule has 0 bridgehead atoms. The highest BCUT2D eigenvalue weighted by Crippen LogP contribution is 2.13. The Labute approximate surface area is 172 Å². The molecule has 0 radical (unpaired) electrons. The van der Waals surface area contributed by atoms with Gasteiger partial charge in [0, 0.05) is 12.7 Å². The summed E-state index contributed by atoms with van der Waals surface area (Å²) < 4.78 is 0. The van der Waals surface area contributed by atoms with E-state index >= 15 is 0 Å². The van der Waals surface area contributed by atoms with Gasteiger partial charge in [-0.2, -0.15) is 0 Å². The Bertz CT molecular complexity index is 426. The molecule has 1 unspecified atom stereocenters. The maximum absolute atomic E-state index is 10.3. The van der Waals surface area contributed by atoms with Gasteiger partial charge in [-0.3, -0.25) is 0 Å². The molecule has 0 aromatic rings. The van der Waals surface area contributed by atoms with Crippen molar-refractivity contribution in [2.24, 2.45) is 0 Å². The van der Waals surface area contributed by atoms with E-state index in [0.29, 0.717) is 6.61 Å². The number of carboxylic acid groups (broad SMARTS) is 1. The molecular weight excluding hydrogens is 352 g/mol. The summed E-state index contributed by atoms with van der Waals surface area (Å²) in [7, 11) is 0. The van der Waals surface area contributed by atoms with Crippen molar-refractivity contribution in [1.82, 2.24) is 0 Å². The summed E-state index contributed by atoms with van der Waals surface area (Å²) in [5.74, 6) is -0.963. The molecule has 0 aromatic carbocycles. The van der Waals surface area contributed by atoms with E-state index in [2.05, 4.69) is 0 Å². The van der Waals surface area contributed by atoms with E-state index in [1.54, 1.807) is 24.3 Å². The van der Waals surface area contributed by atoms with Gasteiger partial charge in [-0.15, -0.1) is 0 Å². The Morgan fingerprint density at radius 2 is 1.07 bits per heavy atom. The van der Waals surface area contributed by atoms with E-state index in [4.69, 9.17) is 10.2 Å². The molecule has 0 spiro atoms. The fourth-order valence-corrected chi connectivity index (χ4v) is 3.14. The van der Waals surface area contributed by atoms with E-state index in [9.17, 15) is 9.90 Å². The van der Waals surface area contributed by atoms with Crippen LogP contribution in [0.4, 0.5) is 0 Å². The van der Waals surface area contributed by atoms with Gasteiger partial charge in [0.05, 0.1) is 6.10 Å². The highest BCUT2D eigenvalue weighted by molar-refractivity contribution is 5.80. The average molecular weight is 395 g/mol. The zero-order valence-corrected chi connectivity index (χ0v) is 17.6. The highest BCUT2D eigenvalue weighted by atomic mass is 16.4. The van der Waals surface area contributed by atoms with Gasteiger partial charge >= 0.3 is 5.97 Å². The first-order valence-electron chi connectivity index (χ1n) is 11.2. The summed E-state index contributed by atoms with van der Waals surface area (Å²) in [6.45, 7) is 0.338. The van der Waals surface area contributed by atoms with Crippen LogP contribution in [0.5, 0.6) is 0 Å². The normalized spacial score (nSPS) is 13.2. The Hall–Kier alpha value is -1.39. The summed E-state index contributed by atoms with van der Waals surface area (Å²) in [6.07, 6.45) is 27.3. The van der Waals surface area contributed by atoms with Crippen LogP contribution in [0.25, 0.3) is 0 Å². The molecular formula is C24H42O4. The fraction of sp³-hybridized carbons (Fsp3) is 0.708. The van der Waals surface area contributed by atoms with Crippen molar-refractivity contribution in [3.05, 3.63) is 36.5 Å². The molecule has 3 N–H and O–H groups in total. The van der Waals surface area contributed by atoms with Crippen LogP contribution in [-0.2, 0) is 4.79 Å². The Morgan fingerprint density at radius 3 is 1.54 bits per heavy atom. The molecule has 1 atom stereocenters. The van der Waals surface area contributed by atoms with E-state index in [1.165, 1.54) is 83.1 Å². The van der Waals surface area contributed by atoms with Gasteiger partial charge in [0.25, 0.3) is 0 Å². The summed E-state index contributed by atoms with van der Waals surface area (Å²) in [5, 5.41) is 27.0. The number of hydrogen-bond acceptors (Lipinski definition) is 3.